The molecule has 0 fully saturated rings. The van der Waals surface area contributed by atoms with Crippen LogP contribution >= 0.6 is 7.60 Å². The summed E-state index contributed by atoms with van der Waals surface area (Å²) in [7, 11) is -2.13. The molecule has 0 bridgehead atoms. The van der Waals surface area contributed by atoms with Crippen LogP contribution in [0.25, 0.3) is 0 Å². The largest absolute Gasteiger partial charge is 0.339 e. The third kappa shape index (κ3) is 6.23. The van der Waals surface area contributed by atoms with Gasteiger partial charge in [0.05, 0.1) is 0 Å². The smallest absolute Gasteiger partial charge is 0.324 e. The van der Waals surface area contributed by atoms with E-state index in [1.165, 1.54) is 0 Å². The summed E-state index contributed by atoms with van der Waals surface area (Å²) in [6.07, 6.45) is 0.775. The molecule has 0 aliphatic rings. The van der Waals surface area contributed by atoms with Crippen molar-refractivity contribution < 1.29 is 14.4 Å². The Hall–Kier alpha value is 0.110. The van der Waals surface area contributed by atoms with Gasteiger partial charge in [-0.1, -0.05) is 6.92 Å². The quantitative estimate of drug-likeness (QED) is 0.597. The van der Waals surface area contributed by atoms with Gasteiger partial charge in [-0.2, -0.15) is 0 Å². The van der Waals surface area contributed by atoms with Crippen LogP contribution in [0, 0.1) is 0 Å². The monoisotopic (exact) mass is 167 g/mol. The summed E-state index contributed by atoms with van der Waals surface area (Å²) in [5.74, 6) is 0. The Morgan fingerprint density at radius 3 is 2.30 bits per heavy atom. The summed E-state index contributed by atoms with van der Waals surface area (Å²) in [5, 5.41) is 0. The third-order valence-electron chi connectivity index (χ3n) is 1.03. The molecule has 0 saturated heterocycles. The Labute approximate surface area is 61.0 Å². The summed E-state index contributed by atoms with van der Waals surface area (Å²) in [6.45, 7) is 2.70. The Balaban J connectivity index is 3.58. The van der Waals surface area contributed by atoms with E-state index in [-0.39, 0.29) is 6.29 Å². The van der Waals surface area contributed by atoms with Crippen molar-refractivity contribution in [3.8, 4) is 0 Å². The van der Waals surface area contributed by atoms with Crippen LogP contribution in [-0.4, -0.2) is 34.6 Å². The molecule has 0 heterocycles. The van der Waals surface area contributed by atoms with E-state index in [9.17, 15) is 4.57 Å². The molecule has 5 heteroatoms. The zero-order chi connectivity index (χ0) is 8.20. The second kappa shape index (κ2) is 4.09. The highest BCUT2D eigenvalue weighted by atomic mass is 31.2. The number of nitrogens with zero attached hydrogens (tertiary/aromatic N) is 1. The van der Waals surface area contributed by atoms with E-state index in [1.807, 2.05) is 6.92 Å². The predicted molar refractivity (Wildman–Crippen MR) is 39.8 cm³/mol. The molecular weight excluding hydrogens is 153 g/mol. The standard InChI is InChI=1S/C5H14NO3P/c1-3-4-6(2)5-10(7,8)9/h3-5H2,1-2H3,(H2,7,8,9). The second-order valence-electron chi connectivity index (χ2n) is 2.39. The molecular formula is C5H14NO3P. The molecule has 0 radical (unpaired) electrons. The molecule has 0 saturated carbocycles. The molecule has 2 N–H and O–H groups in total. The summed E-state index contributed by atoms with van der Waals surface area (Å²) >= 11 is 0. The lowest BCUT2D eigenvalue weighted by Gasteiger charge is -2.15. The lowest BCUT2D eigenvalue weighted by Crippen LogP contribution is -2.20. The van der Waals surface area contributed by atoms with Gasteiger partial charge in [0.15, 0.2) is 0 Å². The average Bonchev–Trinajstić information content (AvgIpc) is 1.59. The van der Waals surface area contributed by atoms with Crippen molar-refractivity contribution in [3.05, 3.63) is 0 Å². The van der Waals surface area contributed by atoms with Gasteiger partial charge in [0.2, 0.25) is 0 Å². The average molecular weight is 167 g/mol. The maximum atomic E-state index is 10.4. The lowest BCUT2D eigenvalue weighted by molar-refractivity contribution is 0.313. The summed E-state index contributed by atoms with van der Waals surface area (Å²) in [4.78, 5) is 18.6. The first-order valence-electron chi connectivity index (χ1n) is 3.19. The van der Waals surface area contributed by atoms with Gasteiger partial charge < -0.3 is 9.79 Å². The highest BCUT2D eigenvalue weighted by molar-refractivity contribution is 7.51. The number of hydrogen-bond donors (Lipinski definition) is 2. The first kappa shape index (κ1) is 10.1. The van der Waals surface area contributed by atoms with Crippen LogP contribution in [-0.2, 0) is 4.57 Å². The van der Waals surface area contributed by atoms with Crippen molar-refractivity contribution in [2.75, 3.05) is 19.9 Å². The van der Waals surface area contributed by atoms with Crippen LogP contribution < -0.4 is 0 Å². The first-order chi connectivity index (χ1) is 4.45. The van der Waals surface area contributed by atoms with E-state index >= 15 is 0 Å². The second-order valence-corrected chi connectivity index (χ2v) is 4.00. The molecule has 0 aliphatic heterocycles. The van der Waals surface area contributed by atoms with Crippen LogP contribution in [0.2, 0.25) is 0 Å². The molecule has 0 spiro atoms. The Morgan fingerprint density at radius 1 is 1.50 bits per heavy atom. The fourth-order valence-corrected chi connectivity index (χ4v) is 1.54. The van der Waals surface area contributed by atoms with Crippen LogP contribution in [0.3, 0.4) is 0 Å². The molecule has 4 nitrogen and oxygen atoms in total. The van der Waals surface area contributed by atoms with E-state index in [0.717, 1.165) is 13.0 Å². The van der Waals surface area contributed by atoms with Crippen LogP contribution in [0.5, 0.6) is 0 Å². The maximum Gasteiger partial charge on any atom is 0.339 e. The van der Waals surface area contributed by atoms with Gasteiger partial charge in [-0.25, -0.2) is 0 Å². The minimum Gasteiger partial charge on any atom is -0.324 e. The fraction of sp³-hybridized carbons (Fsp3) is 1.00. The van der Waals surface area contributed by atoms with Gasteiger partial charge in [-0.15, -0.1) is 0 Å². The van der Waals surface area contributed by atoms with Crippen LogP contribution in [0.1, 0.15) is 13.3 Å². The molecule has 62 valence electrons. The molecule has 0 atom stereocenters. The van der Waals surface area contributed by atoms with Crippen molar-refractivity contribution in [1.82, 2.24) is 4.90 Å². The van der Waals surface area contributed by atoms with Gasteiger partial charge in [0.1, 0.15) is 6.29 Å². The van der Waals surface area contributed by atoms with E-state index in [1.54, 1.807) is 11.9 Å². The molecule has 0 aromatic carbocycles. The van der Waals surface area contributed by atoms with E-state index < -0.39 is 7.60 Å². The van der Waals surface area contributed by atoms with Crippen molar-refractivity contribution in [3.63, 3.8) is 0 Å². The van der Waals surface area contributed by atoms with Crippen molar-refractivity contribution in [2.45, 2.75) is 13.3 Å². The Morgan fingerprint density at radius 2 is 2.00 bits per heavy atom. The number of rotatable bonds is 4. The normalized spacial score (nSPS) is 12.5. The molecule has 0 rings (SSSR count). The summed E-state index contributed by atoms with van der Waals surface area (Å²) < 4.78 is 10.4. The molecule has 0 aromatic heterocycles. The highest BCUT2D eigenvalue weighted by Crippen LogP contribution is 2.34. The fourth-order valence-electron chi connectivity index (χ4n) is 0.767. The predicted octanol–water partition coefficient (Wildman–Crippen LogP) is 0.463. The lowest BCUT2D eigenvalue weighted by atomic mass is 10.5. The van der Waals surface area contributed by atoms with Gasteiger partial charge >= 0.3 is 7.60 Å². The van der Waals surface area contributed by atoms with Crippen molar-refractivity contribution in [2.24, 2.45) is 0 Å². The molecule has 0 aliphatic carbocycles. The zero-order valence-electron chi connectivity index (χ0n) is 6.32. The van der Waals surface area contributed by atoms with Crippen LogP contribution in [0.15, 0.2) is 0 Å². The minimum absolute atomic E-state index is 0.138. The van der Waals surface area contributed by atoms with Crippen molar-refractivity contribution >= 4 is 7.60 Å². The molecule has 0 amide bonds. The van der Waals surface area contributed by atoms with E-state index in [0.29, 0.717) is 0 Å². The Kier molecular flexibility index (Phi) is 4.13. The Bertz CT molecular complexity index is 133. The topological polar surface area (TPSA) is 60.8 Å². The van der Waals surface area contributed by atoms with Crippen molar-refractivity contribution in [1.29, 1.82) is 0 Å². The third-order valence-corrected chi connectivity index (χ3v) is 1.88. The summed E-state index contributed by atoms with van der Waals surface area (Å²) in [5.41, 5.74) is 0. The zero-order valence-corrected chi connectivity index (χ0v) is 7.21. The van der Waals surface area contributed by atoms with Gasteiger partial charge in [-0.3, -0.25) is 9.46 Å². The van der Waals surface area contributed by atoms with Crippen LogP contribution in [0.4, 0.5) is 0 Å². The minimum atomic E-state index is -3.83. The molecule has 0 aromatic rings. The number of hydrogen-bond acceptors (Lipinski definition) is 2. The molecule has 0 unspecified atom stereocenters. The van der Waals surface area contributed by atoms with Gasteiger partial charge in [0, 0.05) is 0 Å². The summed E-state index contributed by atoms with van der Waals surface area (Å²) in [6, 6.07) is 0. The van der Waals surface area contributed by atoms with Gasteiger partial charge in [-0.05, 0) is 20.0 Å². The first-order valence-corrected chi connectivity index (χ1v) is 4.98. The van der Waals surface area contributed by atoms with E-state index in [2.05, 4.69) is 0 Å². The highest BCUT2D eigenvalue weighted by Gasteiger charge is 2.14. The molecule has 10 heavy (non-hydrogen) atoms. The SMILES string of the molecule is CCCN(C)CP(=O)(O)O. The van der Waals surface area contributed by atoms with Gasteiger partial charge in [0.25, 0.3) is 0 Å². The maximum absolute atomic E-state index is 10.4. The van der Waals surface area contributed by atoms with E-state index in [4.69, 9.17) is 9.79 Å².